The molecule has 0 spiro atoms. The third-order valence-corrected chi connectivity index (χ3v) is 8.00. The van der Waals surface area contributed by atoms with Crippen LogP contribution in [0.1, 0.15) is 27.6 Å². The predicted molar refractivity (Wildman–Crippen MR) is 160 cm³/mol. The molecular weight excluding hydrogens is 522 g/mol. The fourth-order valence-electron chi connectivity index (χ4n) is 4.82. The van der Waals surface area contributed by atoms with Crippen LogP contribution < -0.4 is 10.1 Å². The number of hydrogen-bond acceptors (Lipinski definition) is 8. The van der Waals surface area contributed by atoms with E-state index in [-0.39, 0.29) is 11.9 Å². The molecule has 3 heterocycles. The lowest BCUT2D eigenvalue weighted by molar-refractivity contribution is -0.126. The number of nitrogens with zero attached hydrogens (tertiary/aromatic N) is 4. The second-order valence-electron chi connectivity index (χ2n) is 10.1. The summed E-state index contributed by atoms with van der Waals surface area (Å²) in [5.74, 6) is 1.66. The molecule has 2 aromatic carbocycles. The summed E-state index contributed by atoms with van der Waals surface area (Å²) in [5, 5.41) is 4.71. The van der Waals surface area contributed by atoms with Gasteiger partial charge in [0, 0.05) is 24.0 Å². The van der Waals surface area contributed by atoms with Gasteiger partial charge in [-0.25, -0.2) is 9.97 Å². The number of amides is 1. The third-order valence-electron chi connectivity index (χ3n) is 6.88. The van der Waals surface area contributed by atoms with Crippen molar-refractivity contribution in [3.63, 3.8) is 0 Å². The lowest BCUT2D eigenvalue weighted by Gasteiger charge is -2.26. The highest BCUT2D eigenvalue weighted by atomic mass is 32.1. The number of fused-ring (bicyclic) bond motifs is 3. The SMILES string of the molecule is COc1cccc(COC[C@@H](Nc2ncnc3sc4c(c23)CCN(C(=O)C=CCN(C)C)C4)c2ccccc2)c1. The van der Waals surface area contributed by atoms with E-state index >= 15 is 0 Å². The molecule has 1 aliphatic heterocycles. The minimum atomic E-state index is -0.107. The summed E-state index contributed by atoms with van der Waals surface area (Å²) in [6, 6.07) is 18.1. The average molecular weight is 558 g/mol. The molecule has 0 radical (unpaired) electrons. The Morgan fingerprint density at radius 3 is 2.83 bits per heavy atom. The predicted octanol–water partition coefficient (Wildman–Crippen LogP) is 5.07. The molecule has 1 N–H and O–H groups in total. The van der Waals surface area contributed by atoms with Crippen molar-refractivity contribution < 1.29 is 14.3 Å². The van der Waals surface area contributed by atoms with E-state index in [2.05, 4.69) is 27.4 Å². The summed E-state index contributed by atoms with van der Waals surface area (Å²) < 4.78 is 11.5. The monoisotopic (exact) mass is 557 g/mol. The van der Waals surface area contributed by atoms with Crippen LogP contribution in [0.3, 0.4) is 0 Å². The molecule has 0 saturated carbocycles. The van der Waals surface area contributed by atoms with Crippen LogP contribution in [0.5, 0.6) is 5.75 Å². The van der Waals surface area contributed by atoms with Gasteiger partial charge >= 0.3 is 0 Å². The van der Waals surface area contributed by atoms with E-state index in [1.165, 1.54) is 10.4 Å². The summed E-state index contributed by atoms with van der Waals surface area (Å²) in [4.78, 5) is 28.1. The topological polar surface area (TPSA) is 79.8 Å². The van der Waals surface area contributed by atoms with Gasteiger partial charge in [0.2, 0.25) is 5.91 Å². The van der Waals surface area contributed by atoms with Crippen molar-refractivity contribution in [2.24, 2.45) is 0 Å². The summed E-state index contributed by atoms with van der Waals surface area (Å²) in [7, 11) is 5.64. The maximum absolute atomic E-state index is 12.8. The highest BCUT2D eigenvalue weighted by molar-refractivity contribution is 7.19. The van der Waals surface area contributed by atoms with Crippen LogP contribution in [0.25, 0.3) is 10.2 Å². The smallest absolute Gasteiger partial charge is 0.246 e. The molecule has 2 aromatic heterocycles. The quantitative estimate of drug-likeness (QED) is 0.258. The first-order valence-corrected chi connectivity index (χ1v) is 14.2. The minimum Gasteiger partial charge on any atom is -0.497 e. The van der Waals surface area contributed by atoms with Crippen LogP contribution in [0.15, 0.2) is 73.1 Å². The van der Waals surface area contributed by atoms with Crippen LogP contribution in [-0.2, 0) is 29.1 Å². The summed E-state index contributed by atoms with van der Waals surface area (Å²) in [6.45, 7) is 2.93. The first-order chi connectivity index (χ1) is 19.5. The van der Waals surface area contributed by atoms with Crippen LogP contribution in [-0.4, -0.2) is 66.6 Å². The number of anilines is 1. The number of carbonyl (C=O) groups is 1. The van der Waals surface area contributed by atoms with Crippen molar-refractivity contribution in [3.05, 3.63) is 94.6 Å². The molecule has 40 heavy (non-hydrogen) atoms. The summed E-state index contributed by atoms with van der Waals surface area (Å²) >= 11 is 1.64. The van der Waals surface area contributed by atoms with Crippen LogP contribution in [0, 0.1) is 0 Å². The zero-order valence-corrected chi connectivity index (χ0v) is 24.0. The van der Waals surface area contributed by atoms with Gasteiger partial charge in [-0.3, -0.25) is 4.79 Å². The van der Waals surface area contributed by atoms with E-state index in [1.807, 2.05) is 72.4 Å². The van der Waals surface area contributed by atoms with E-state index in [9.17, 15) is 4.79 Å². The van der Waals surface area contributed by atoms with Gasteiger partial charge in [0.25, 0.3) is 0 Å². The van der Waals surface area contributed by atoms with Crippen LogP contribution in [0.2, 0.25) is 0 Å². The standard InChI is InChI=1S/C31H35N5O3S/c1-35(2)15-8-13-28(37)36-16-14-25-27(18-36)40-31-29(25)30(32-21-33-31)34-26(23-10-5-4-6-11-23)20-39-19-22-9-7-12-24(17-22)38-3/h4-13,17,21,26H,14-16,18-20H2,1-3H3,(H,32,33,34)/t26-/m1/s1. The molecule has 0 fully saturated rings. The maximum atomic E-state index is 12.8. The molecule has 0 unspecified atom stereocenters. The Hall–Kier alpha value is -3.79. The van der Waals surface area contributed by atoms with Crippen molar-refractivity contribution in [1.29, 1.82) is 0 Å². The molecule has 9 heteroatoms. The normalized spacial score (nSPS) is 14.1. The molecule has 208 valence electrons. The summed E-state index contributed by atoms with van der Waals surface area (Å²) in [6.07, 6.45) is 5.98. The average Bonchev–Trinajstić information content (AvgIpc) is 3.35. The molecule has 1 amide bonds. The fraction of sp³-hybridized carbons (Fsp3) is 0.323. The number of aromatic nitrogens is 2. The molecule has 0 aliphatic carbocycles. The Kier molecular flexibility index (Phi) is 9.05. The lowest BCUT2D eigenvalue weighted by atomic mass is 10.0. The van der Waals surface area contributed by atoms with Gasteiger partial charge in [-0.1, -0.05) is 48.5 Å². The zero-order chi connectivity index (χ0) is 27.9. The van der Waals surface area contributed by atoms with Gasteiger partial charge in [0.15, 0.2) is 0 Å². The van der Waals surface area contributed by atoms with E-state index in [1.54, 1.807) is 30.8 Å². The number of benzene rings is 2. The highest BCUT2D eigenvalue weighted by Gasteiger charge is 2.26. The summed E-state index contributed by atoms with van der Waals surface area (Å²) in [5.41, 5.74) is 3.40. The largest absolute Gasteiger partial charge is 0.497 e. The Morgan fingerprint density at radius 1 is 1.18 bits per heavy atom. The maximum Gasteiger partial charge on any atom is 0.246 e. The van der Waals surface area contributed by atoms with Crippen molar-refractivity contribution in [2.75, 3.05) is 46.2 Å². The number of methoxy groups -OCH3 is 1. The molecule has 1 atom stereocenters. The second kappa shape index (κ2) is 13.0. The number of ether oxygens (including phenoxy) is 2. The number of hydrogen-bond donors (Lipinski definition) is 1. The second-order valence-corrected chi connectivity index (χ2v) is 11.1. The Balaban J connectivity index is 1.34. The molecular formula is C31H35N5O3S. The third kappa shape index (κ3) is 6.67. The Labute approximate surface area is 239 Å². The van der Waals surface area contributed by atoms with Gasteiger partial charge in [-0.2, -0.15) is 0 Å². The van der Waals surface area contributed by atoms with Crippen LogP contribution in [0.4, 0.5) is 5.82 Å². The van der Waals surface area contributed by atoms with Gasteiger partial charge in [-0.15, -0.1) is 11.3 Å². The fourth-order valence-corrected chi connectivity index (χ4v) is 6.03. The molecule has 5 rings (SSSR count). The number of carbonyl (C=O) groups excluding carboxylic acids is 1. The molecule has 8 nitrogen and oxygen atoms in total. The number of thiophene rings is 1. The highest BCUT2D eigenvalue weighted by Crippen LogP contribution is 2.38. The number of nitrogens with one attached hydrogen (secondary N) is 1. The van der Waals surface area contributed by atoms with E-state index in [4.69, 9.17) is 9.47 Å². The molecule has 4 aromatic rings. The molecule has 0 saturated heterocycles. The van der Waals surface area contributed by atoms with Gasteiger partial charge in [0.05, 0.1) is 38.3 Å². The van der Waals surface area contributed by atoms with E-state index in [0.29, 0.717) is 26.3 Å². The van der Waals surface area contributed by atoms with Crippen molar-refractivity contribution in [1.82, 2.24) is 19.8 Å². The molecule has 1 aliphatic rings. The lowest BCUT2D eigenvalue weighted by Crippen LogP contribution is -2.34. The van der Waals surface area contributed by atoms with Crippen molar-refractivity contribution in [2.45, 2.75) is 25.6 Å². The van der Waals surface area contributed by atoms with Gasteiger partial charge < -0.3 is 24.6 Å². The first kappa shape index (κ1) is 27.8. The first-order valence-electron chi connectivity index (χ1n) is 13.4. The Bertz CT molecular complexity index is 1470. The van der Waals surface area contributed by atoms with E-state index < -0.39 is 0 Å². The number of likely N-dealkylation sites (N-methyl/N-ethyl adjacent to an activating group) is 1. The Morgan fingerprint density at radius 2 is 2.02 bits per heavy atom. The molecule has 0 bridgehead atoms. The van der Waals surface area contributed by atoms with Crippen molar-refractivity contribution >= 4 is 33.3 Å². The van der Waals surface area contributed by atoms with Crippen LogP contribution >= 0.6 is 11.3 Å². The number of rotatable bonds is 11. The van der Waals surface area contributed by atoms with E-state index in [0.717, 1.165) is 45.9 Å². The minimum absolute atomic E-state index is 0.0479. The van der Waals surface area contributed by atoms with Crippen molar-refractivity contribution in [3.8, 4) is 5.75 Å². The van der Waals surface area contributed by atoms with Gasteiger partial charge in [-0.05, 0) is 49.3 Å². The zero-order valence-electron chi connectivity index (χ0n) is 23.2. The van der Waals surface area contributed by atoms with Gasteiger partial charge in [0.1, 0.15) is 22.7 Å².